The second kappa shape index (κ2) is 8.13. The maximum absolute atomic E-state index is 13.4. The molecule has 3 heterocycles. The predicted octanol–water partition coefficient (Wildman–Crippen LogP) is 2.10. The largest absolute Gasteiger partial charge is 0.396 e. The summed E-state index contributed by atoms with van der Waals surface area (Å²) in [4.78, 5) is 27.9. The average Bonchev–Trinajstić information content (AvgIpc) is 3.25. The first-order chi connectivity index (χ1) is 14.1. The van der Waals surface area contributed by atoms with Crippen molar-refractivity contribution in [2.75, 3.05) is 13.2 Å². The lowest BCUT2D eigenvalue weighted by atomic mass is 9.88. The van der Waals surface area contributed by atoms with Crippen LogP contribution in [0.4, 0.5) is 0 Å². The van der Waals surface area contributed by atoms with Crippen molar-refractivity contribution < 1.29 is 9.90 Å². The van der Waals surface area contributed by atoms with E-state index in [0.717, 1.165) is 24.2 Å². The van der Waals surface area contributed by atoms with Gasteiger partial charge in [-0.3, -0.25) is 14.5 Å². The zero-order chi connectivity index (χ0) is 20.5. The number of pyridine rings is 1. The monoisotopic (exact) mass is 395 g/mol. The molecule has 2 aliphatic rings. The van der Waals surface area contributed by atoms with E-state index >= 15 is 0 Å². The number of fused-ring (bicyclic) bond motifs is 3. The summed E-state index contributed by atoms with van der Waals surface area (Å²) in [5, 5.41) is 13.4. The Morgan fingerprint density at radius 1 is 1.21 bits per heavy atom. The Morgan fingerprint density at radius 2 is 1.97 bits per heavy atom. The van der Waals surface area contributed by atoms with Crippen molar-refractivity contribution in [3.8, 4) is 0 Å². The van der Waals surface area contributed by atoms with E-state index in [2.05, 4.69) is 17.1 Å². The highest BCUT2D eigenvalue weighted by Gasteiger charge is 2.55. The number of carbonyl (C=O) groups excluding carboxylic acids is 1. The molecule has 0 radical (unpaired) electrons. The molecule has 5 atom stereocenters. The van der Waals surface area contributed by atoms with Gasteiger partial charge in [0.15, 0.2) is 0 Å². The van der Waals surface area contributed by atoms with Crippen molar-refractivity contribution in [2.45, 2.75) is 44.9 Å². The Hall–Kier alpha value is -2.44. The van der Waals surface area contributed by atoms with Gasteiger partial charge in [0.1, 0.15) is 0 Å². The molecule has 2 N–H and O–H groups in total. The van der Waals surface area contributed by atoms with E-state index in [-0.39, 0.29) is 42.0 Å². The van der Waals surface area contributed by atoms with Crippen LogP contribution in [0.3, 0.4) is 0 Å². The molecule has 0 spiro atoms. The SMILES string of the molecule is CCCN1[C@@H]2c3cccc(=O)n3C[C@@H]2[C@@H](CO)[C@@H]1C(=O)N[C@H](C)c1ccccc1. The van der Waals surface area contributed by atoms with Crippen LogP contribution in [0.5, 0.6) is 0 Å². The molecule has 6 nitrogen and oxygen atoms in total. The molecule has 1 aromatic carbocycles. The minimum absolute atomic E-state index is 0.0104. The number of nitrogens with one attached hydrogen (secondary N) is 1. The van der Waals surface area contributed by atoms with Crippen molar-refractivity contribution in [1.29, 1.82) is 0 Å². The summed E-state index contributed by atoms with van der Waals surface area (Å²) in [6.07, 6.45) is 0.899. The van der Waals surface area contributed by atoms with Gasteiger partial charge in [-0.05, 0) is 31.5 Å². The molecule has 6 heteroatoms. The maximum atomic E-state index is 13.4. The molecular formula is C23H29N3O3. The molecule has 1 aromatic heterocycles. The predicted molar refractivity (Wildman–Crippen MR) is 111 cm³/mol. The summed E-state index contributed by atoms with van der Waals surface area (Å²) in [6.45, 7) is 5.31. The normalized spacial score (nSPS) is 26.7. The molecule has 0 saturated carbocycles. The number of hydrogen-bond donors (Lipinski definition) is 2. The molecule has 2 aromatic rings. The van der Waals surface area contributed by atoms with E-state index in [4.69, 9.17) is 0 Å². The van der Waals surface area contributed by atoms with Crippen LogP contribution in [-0.4, -0.2) is 39.7 Å². The van der Waals surface area contributed by atoms with Gasteiger partial charge in [-0.25, -0.2) is 0 Å². The molecule has 2 aliphatic heterocycles. The Bertz CT molecular complexity index is 926. The van der Waals surface area contributed by atoms with Gasteiger partial charge in [0, 0.05) is 36.7 Å². The Labute approximate surface area is 171 Å². The lowest BCUT2D eigenvalue weighted by Gasteiger charge is -2.31. The molecule has 1 amide bonds. The van der Waals surface area contributed by atoms with Crippen molar-refractivity contribution >= 4 is 5.91 Å². The third-order valence-electron chi connectivity index (χ3n) is 6.48. The van der Waals surface area contributed by atoms with Gasteiger partial charge in [0.25, 0.3) is 5.56 Å². The van der Waals surface area contributed by atoms with Crippen molar-refractivity contribution in [1.82, 2.24) is 14.8 Å². The van der Waals surface area contributed by atoms with Crippen LogP contribution in [0.15, 0.2) is 53.3 Å². The number of aromatic nitrogens is 1. The van der Waals surface area contributed by atoms with E-state index in [1.165, 1.54) is 0 Å². The fourth-order valence-corrected chi connectivity index (χ4v) is 5.20. The van der Waals surface area contributed by atoms with Crippen molar-refractivity contribution in [2.24, 2.45) is 11.8 Å². The summed E-state index contributed by atoms with van der Waals surface area (Å²) in [5.74, 6) is -0.189. The summed E-state index contributed by atoms with van der Waals surface area (Å²) in [7, 11) is 0. The fourth-order valence-electron chi connectivity index (χ4n) is 5.20. The highest BCUT2D eigenvalue weighted by Crippen LogP contribution is 2.49. The minimum atomic E-state index is -0.398. The fraction of sp³-hybridized carbons (Fsp3) is 0.478. The summed E-state index contributed by atoms with van der Waals surface area (Å²) >= 11 is 0. The van der Waals surface area contributed by atoms with Gasteiger partial charge < -0.3 is 15.0 Å². The molecule has 1 fully saturated rings. The first kappa shape index (κ1) is 19.9. The van der Waals surface area contributed by atoms with Gasteiger partial charge in [-0.2, -0.15) is 0 Å². The summed E-state index contributed by atoms with van der Waals surface area (Å²) in [6, 6.07) is 14.7. The van der Waals surface area contributed by atoms with E-state index in [9.17, 15) is 14.7 Å². The van der Waals surface area contributed by atoms with Gasteiger partial charge in [0.05, 0.1) is 18.1 Å². The van der Waals surface area contributed by atoms with Crippen LogP contribution in [-0.2, 0) is 11.3 Å². The Kier molecular flexibility index (Phi) is 5.56. The number of hydrogen-bond acceptors (Lipinski definition) is 4. The quantitative estimate of drug-likeness (QED) is 0.786. The first-order valence-electron chi connectivity index (χ1n) is 10.5. The van der Waals surface area contributed by atoms with Crippen LogP contribution in [0, 0.1) is 11.8 Å². The van der Waals surface area contributed by atoms with E-state index in [1.54, 1.807) is 16.7 Å². The van der Waals surface area contributed by atoms with Crippen LogP contribution in [0.1, 0.15) is 43.6 Å². The van der Waals surface area contributed by atoms with E-state index in [0.29, 0.717) is 6.54 Å². The van der Waals surface area contributed by atoms with Crippen molar-refractivity contribution in [3.63, 3.8) is 0 Å². The highest BCUT2D eigenvalue weighted by atomic mass is 16.3. The number of rotatable bonds is 6. The first-order valence-corrected chi connectivity index (χ1v) is 10.5. The molecule has 0 unspecified atom stereocenters. The molecular weight excluding hydrogens is 366 g/mol. The van der Waals surface area contributed by atoms with Crippen molar-refractivity contribution in [3.05, 3.63) is 70.1 Å². The highest BCUT2D eigenvalue weighted by molar-refractivity contribution is 5.83. The molecule has 1 saturated heterocycles. The van der Waals surface area contributed by atoms with E-state index in [1.807, 2.05) is 43.3 Å². The molecule has 154 valence electrons. The maximum Gasteiger partial charge on any atom is 0.250 e. The van der Waals surface area contributed by atoms with Crippen LogP contribution in [0.2, 0.25) is 0 Å². The second-order valence-corrected chi connectivity index (χ2v) is 8.18. The number of aliphatic hydroxyl groups is 1. The number of carbonyl (C=O) groups is 1. The lowest BCUT2D eigenvalue weighted by molar-refractivity contribution is -0.128. The average molecular weight is 396 g/mol. The van der Waals surface area contributed by atoms with Gasteiger partial charge >= 0.3 is 0 Å². The van der Waals surface area contributed by atoms with Crippen LogP contribution >= 0.6 is 0 Å². The second-order valence-electron chi connectivity index (χ2n) is 8.18. The van der Waals surface area contributed by atoms with Crippen LogP contribution in [0.25, 0.3) is 0 Å². The number of nitrogens with zero attached hydrogens (tertiary/aromatic N) is 2. The summed E-state index contributed by atoms with van der Waals surface area (Å²) in [5.41, 5.74) is 2.00. The minimum Gasteiger partial charge on any atom is -0.396 e. The Balaban J connectivity index is 1.64. The van der Waals surface area contributed by atoms with Gasteiger partial charge in [-0.15, -0.1) is 0 Å². The number of benzene rings is 1. The van der Waals surface area contributed by atoms with Gasteiger partial charge in [0.2, 0.25) is 5.91 Å². The summed E-state index contributed by atoms with van der Waals surface area (Å²) < 4.78 is 1.81. The Morgan fingerprint density at radius 3 is 2.66 bits per heavy atom. The van der Waals surface area contributed by atoms with E-state index < -0.39 is 6.04 Å². The molecule has 0 bridgehead atoms. The van der Waals surface area contributed by atoms with Gasteiger partial charge in [-0.1, -0.05) is 43.3 Å². The smallest absolute Gasteiger partial charge is 0.250 e. The third-order valence-corrected chi connectivity index (χ3v) is 6.48. The zero-order valence-electron chi connectivity index (χ0n) is 17.0. The molecule has 4 rings (SSSR count). The lowest BCUT2D eigenvalue weighted by Crippen LogP contribution is -2.49. The molecule has 0 aliphatic carbocycles. The third kappa shape index (κ3) is 3.40. The number of aliphatic hydroxyl groups excluding tert-OH is 1. The number of amides is 1. The van der Waals surface area contributed by atoms with Crippen LogP contribution < -0.4 is 10.9 Å². The molecule has 29 heavy (non-hydrogen) atoms. The zero-order valence-corrected chi connectivity index (χ0v) is 17.0. The topological polar surface area (TPSA) is 74.6 Å². The standard InChI is InChI=1S/C23H29N3O3/c1-3-12-25-21-17(13-26-19(21)10-7-11-20(26)28)18(14-27)22(25)23(29)24-15(2)16-8-5-4-6-9-16/h4-11,15,17-18,21-22,27H,3,12-14H2,1-2H3,(H,24,29)/t15-,17-,18-,21+,22-/m1/s1. The number of likely N-dealkylation sites (tertiary alicyclic amines) is 1.